The van der Waals surface area contributed by atoms with Gasteiger partial charge in [-0.05, 0) is 66.9 Å². The number of hydrogen-bond donors (Lipinski definition) is 0. The minimum Gasteiger partial charge on any atom is -0.562 e. The first-order chi connectivity index (χ1) is 17.6. The number of thioether (sulfide) groups is 1. The van der Waals surface area contributed by atoms with Gasteiger partial charge in [-0.15, -0.1) is 11.8 Å². The number of ether oxygens (including phenoxy) is 1. The molecule has 4 nitrogen and oxygen atoms in total. The van der Waals surface area contributed by atoms with Crippen LogP contribution in [0.1, 0.15) is 32.5 Å². The molecule has 4 rings (SSSR count). The van der Waals surface area contributed by atoms with E-state index in [-0.39, 0.29) is 11.9 Å². The van der Waals surface area contributed by atoms with Gasteiger partial charge in [0.1, 0.15) is 5.75 Å². The molecule has 0 spiro atoms. The molecule has 4 aromatic rings. The Labute approximate surface area is 221 Å². The first kappa shape index (κ1) is 26.8. The van der Waals surface area contributed by atoms with Gasteiger partial charge in [-0.1, -0.05) is 41.7 Å². The van der Waals surface area contributed by atoms with Crippen molar-refractivity contribution in [3.05, 3.63) is 100 Å². The van der Waals surface area contributed by atoms with Crippen LogP contribution < -0.4 is 9.72 Å². The second kappa shape index (κ2) is 11.4. The van der Waals surface area contributed by atoms with E-state index in [0.717, 1.165) is 44.6 Å². The van der Waals surface area contributed by atoms with E-state index in [4.69, 9.17) is 9.84 Å². The average Bonchev–Trinajstić information content (AvgIpc) is 3.25. The molecule has 0 bridgehead atoms. The summed E-state index contributed by atoms with van der Waals surface area (Å²) < 4.78 is 44.4. The Morgan fingerprint density at radius 1 is 1.05 bits per heavy atom. The van der Waals surface area contributed by atoms with Gasteiger partial charge >= 0.3 is 12.1 Å². The van der Waals surface area contributed by atoms with E-state index in [9.17, 15) is 18.0 Å². The summed E-state index contributed by atoms with van der Waals surface area (Å²) in [5.41, 5.74) is 3.05. The minimum absolute atomic E-state index is 0.0489. The highest BCUT2D eigenvalue weighted by Gasteiger charge is 2.31. The van der Waals surface area contributed by atoms with Gasteiger partial charge in [-0.3, -0.25) is 0 Å². The smallest absolute Gasteiger partial charge is 0.553 e. The Hall–Kier alpha value is -3.30. The SMILES string of the molecule is Cc1cc(SC(Cc2ccccc2)c2sc(-c3ccc(C(F)(F)F)cc3)[nH+]c2C)ccc1OCC(=O)[OH2+]. The lowest BCUT2D eigenvalue weighted by molar-refractivity contribution is -0.368. The van der Waals surface area contributed by atoms with Crippen LogP contribution >= 0.6 is 23.1 Å². The summed E-state index contributed by atoms with van der Waals surface area (Å²) in [5.74, 6) is -0.219. The molecular weight excluding hydrogens is 519 g/mol. The summed E-state index contributed by atoms with van der Waals surface area (Å²) in [6.45, 7) is 3.59. The molecule has 0 aliphatic carbocycles. The predicted octanol–water partition coefficient (Wildman–Crippen LogP) is 6.57. The van der Waals surface area contributed by atoms with Crippen molar-refractivity contribution < 1.29 is 32.8 Å². The highest BCUT2D eigenvalue weighted by atomic mass is 32.2. The summed E-state index contributed by atoms with van der Waals surface area (Å²) in [7, 11) is 0. The van der Waals surface area contributed by atoms with Crippen LogP contribution in [0.2, 0.25) is 0 Å². The van der Waals surface area contributed by atoms with Crippen molar-refractivity contribution in [2.45, 2.75) is 36.6 Å². The van der Waals surface area contributed by atoms with Crippen molar-refractivity contribution in [3.63, 3.8) is 0 Å². The molecule has 192 valence electrons. The van der Waals surface area contributed by atoms with E-state index < -0.39 is 17.7 Å². The van der Waals surface area contributed by atoms with E-state index in [0.29, 0.717) is 11.3 Å². The Morgan fingerprint density at radius 2 is 1.76 bits per heavy atom. The molecular formula is C28H26F3NO3S2+2. The van der Waals surface area contributed by atoms with Crippen molar-refractivity contribution in [2.75, 3.05) is 6.61 Å². The van der Waals surface area contributed by atoms with Crippen LogP contribution in [0.5, 0.6) is 5.75 Å². The molecule has 0 fully saturated rings. The second-order valence-electron chi connectivity index (χ2n) is 8.56. The molecule has 1 heterocycles. The third kappa shape index (κ3) is 6.93. The molecule has 37 heavy (non-hydrogen) atoms. The maximum absolute atomic E-state index is 13.0. The topological polar surface area (TPSA) is 63.3 Å². The fourth-order valence-corrected chi connectivity index (χ4v) is 6.54. The minimum atomic E-state index is -4.37. The number of rotatable bonds is 9. The number of alkyl halides is 3. The van der Waals surface area contributed by atoms with E-state index >= 15 is 0 Å². The number of nitrogens with one attached hydrogen (secondary N) is 1. The van der Waals surface area contributed by atoms with Gasteiger partial charge in [-0.25, -0.2) is 0 Å². The zero-order valence-electron chi connectivity index (χ0n) is 20.2. The first-order valence-electron chi connectivity index (χ1n) is 11.5. The van der Waals surface area contributed by atoms with Crippen molar-refractivity contribution in [3.8, 4) is 16.3 Å². The predicted molar refractivity (Wildman–Crippen MR) is 140 cm³/mol. The third-order valence-electron chi connectivity index (χ3n) is 5.70. The lowest BCUT2D eigenvalue weighted by Gasteiger charge is -2.16. The largest absolute Gasteiger partial charge is 0.562 e. The molecule has 9 heteroatoms. The summed E-state index contributed by atoms with van der Waals surface area (Å²) in [6, 6.07) is 21.1. The molecule has 1 atom stereocenters. The lowest BCUT2D eigenvalue weighted by Crippen LogP contribution is -2.10. The molecule has 3 aromatic carbocycles. The highest BCUT2D eigenvalue weighted by Crippen LogP contribution is 2.43. The fraction of sp³-hybridized carbons (Fsp3) is 0.214. The Bertz CT molecular complexity index is 1370. The summed E-state index contributed by atoms with van der Waals surface area (Å²) in [4.78, 5) is 16.5. The number of aromatic nitrogens is 1. The normalized spacial score (nSPS) is 12.4. The number of halogens is 3. The summed E-state index contributed by atoms with van der Waals surface area (Å²) >= 11 is 3.25. The molecule has 1 aromatic heterocycles. The van der Waals surface area contributed by atoms with E-state index in [1.807, 2.05) is 44.2 Å². The zero-order valence-corrected chi connectivity index (χ0v) is 21.8. The Kier molecular flexibility index (Phi) is 8.24. The fourth-order valence-electron chi connectivity index (χ4n) is 3.87. The third-order valence-corrected chi connectivity index (χ3v) is 8.41. The summed E-state index contributed by atoms with van der Waals surface area (Å²) in [6.07, 6.45) is -3.61. The monoisotopic (exact) mass is 545 g/mol. The van der Waals surface area contributed by atoms with E-state index in [2.05, 4.69) is 17.1 Å². The van der Waals surface area contributed by atoms with Crippen molar-refractivity contribution in [1.29, 1.82) is 0 Å². The number of aryl methyl sites for hydroxylation is 2. The van der Waals surface area contributed by atoms with E-state index in [1.54, 1.807) is 29.2 Å². The van der Waals surface area contributed by atoms with Gasteiger partial charge < -0.3 is 9.84 Å². The van der Waals surface area contributed by atoms with Crippen LogP contribution in [-0.2, 0) is 17.4 Å². The lowest BCUT2D eigenvalue weighted by atomic mass is 10.1. The quantitative estimate of drug-likeness (QED) is 0.177. The van der Waals surface area contributed by atoms with Gasteiger partial charge in [0.25, 0.3) is 5.01 Å². The van der Waals surface area contributed by atoms with Gasteiger partial charge in [0.2, 0.25) is 6.61 Å². The van der Waals surface area contributed by atoms with Crippen molar-refractivity contribution in [1.82, 2.24) is 0 Å². The number of hydrogen-bond acceptors (Lipinski definition) is 4. The summed E-state index contributed by atoms with van der Waals surface area (Å²) in [5, 5.41) is 7.89. The van der Waals surface area contributed by atoms with Crippen LogP contribution in [0.15, 0.2) is 77.7 Å². The van der Waals surface area contributed by atoms with Gasteiger partial charge in [-0.2, -0.15) is 18.2 Å². The first-order valence-corrected chi connectivity index (χ1v) is 13.2. The molecule has 0 saturated heterocycles. The molecule has 1 unspecified atom stereocenters. The molecule has 0 radical (unpaired) electrons. The van der Waals surface area contributed by atoms with Gasteiger partial charge in [0, 0.05) is 16.6 Å². The molecule has 0 saturated carbocycles. The standard InChI is InChI=1S/C28H24F3NO3S2/c1-17-14-22(12-13-23(17)35-16-25(33)34)36-24(15-19-6-4-3-5-7-19)26-18(2)32-27(37-26)20-8-10-21(11-9-20)28(29,30)31/h3-14,24H,15-16H2,1-2H3,(H,33,34)/p+2. The van der Waals surface area contributed by atoms with Gasteiger partial charge in [0.15, 0.2) is 5.69 Å². The average molecular weight is 546 g/mol. The van der Waals surface area contributed by atoms with Crippen LogP contribution in [0, 0.1) is 13.8 Å². The number of benzene rings is 3. The maximum Gasteiger partial charge on any atom is 0.553 e. The van der Waals surface area contributed by atoms with Crippen LogP contribution in [0.4, 0.5) is 13.2 Å². The molecule has 3 N–H and O–H groups in total. The van der Waals surface area contributed by atoms with Gasteiger partial charge in [0.05, 0.1) is 21.3 Å². The highest BCUT2D eigenvalue weighted by molar-refractivity contribution is 7.99. The second-order valence-corrected chi connectivity index (χ2v) is 10.9. The van der Waals surface area contributed by atoms with Crippen LogP contribution in [-0.4, -0.2) is 17.7 Å². The number of carbonyl (C=O) groups is 1. The number of aromatic amines is 1. The zero-order chi connectivity index (χ0) is 26.6. The molecule has 0 amide bonds. The number of thiazole rings is 1. The maximum atomic E-state index is 13.0. The van der Waals surface area contributed by atoms with Crippen molar-refractivity contribution >= 4 is 29.1 Å². The Morgan fingerprint density at radius 3 is 2.38 bits per heavy atom. The molecule has 0 aliphatic heterocycles. The van der Waals surface area contributed by atoms with Crippen LogP contribution in [0.3, 0.4) is 0 Å². The number of H-pyrrole nitrogens is 1. The number of carbonyl (C=O) groups excluding carboxylic acids is 1. The van der Waals surface area contributed by atoms with Crippen LogP contribution in [0.25, 0.3) is 10.6 Å². The molecule has 0 aliphatic rings. The Balaban J connectivity index is 1.63. The van der Waals surface area contributed by atoms with E-state index in [1.165, 1.54) is 17.7 Å². The van der Waals surface area contributed by atoms with Crippen molar-refractivity contribution in [2.24, 2.45) is 0 Å².